The van der Waals surface area contributed by atoms with E-state index in [2.05, 4.69) is 5.10 Å². The van der Waals surface area contributed by atoms with Crippen LogP contribution in [0.3, 0.4) is 0 Å². The average Bonchev–Trinajstić information content (AvgIpc) is 3.06. The number of hydrogen-bond acceptors (Lipinski definition) is 4. The van der Waals surface area contributed by atoms with Gasteiger partial charge >= 0.3 is 6.09 Å². The van der Waals surface area contributed by atoms with Gasteiger partial charge in [0.2, 0.25) is 0 Å². The van der Waals surface area contributed by atoms with Crippen LogP contribution in [0.15, 0.2) is 42.6 Å². The van der Waals surface area contributed by atoms with E-state index in [0.717, 1.165) is 24.1 Å². The highest BCUT2D eigenvalue weighted by Crippen LogP contribution is 2.30. The molecule has 1 saturated heterocycles. The number of likely N-dealkylation sites (tertiary alicyclic amines) is 1. The number of aryl methyl sites for hydroxylation is 1. The summed E-state index contributed by atoms with van der Waals surface area (Å²) < 4.78 is 7.06. The van der Waals surface area contributed by atoms with Gasteiger partial charge in [-0.25, -0.2) is 4.79 Å². The molecule has 1 aromatic carbocycles. The van der Waals surface area contributed by atoms with Gasteiger partial charge in [0.15, 0.2) is 0 Å². The molecule has 0 spiro atoms. The Morgan fingerprint density at radius 2 is 2.00 bits per heavy atom. The number of carbonyl (C=O) groups excluding carboxylic acids is 1. The van der Waals surface area contributed by atoms with Crippen molar-refractivity contribution in [2.24, 2.45) is 13.0 Å². The number of benzene rings is 1. The number of amides is 1. The molecule has 1 amide bonds. The smallest absolute Gasteiger partial charge is 0.410 e. The molecular formula is C18H23N3O3. The molecule has 128 valence electrons. The molecule has 6 nitrogen and oxygen atoms in total. The minimum absolute atomic E-state index is 0.138. The largest absolute Gasteiger partial charge is 0.445 e. The summed E-state index contributed by atoms with van der Waals surface area (Å²) in [6, 6.07) is 11.5. The number of aliphatic hydroxyl groups is 1. The maximum atomic E-state index is 12.2. The third-order valence-electron chi connectivity index (χ3n) is 4.61. The Hall–Kier alpha value is -2.34. The van der Waals surface area contributed by atoms with Gasteiger partial charge in [0.1, 0.15) is 6.61 Å². The number of hydrogen-bond donors (Lipinski definition) is 1. The van der Waals surface area contributed by atoms with E-state index in [9.17, 15) is 9.90 Å². The Bertz CT molecular complexity index is 663. The van der Waals surface area contributed by atoms with Crippen LogP contribution in [0.2, 0.25) is 0 Å². The first-order valence-electron chi connectivity index (χ1n) is 8.26. The van der Waals surface area contributed by atoms with Crippen molar-refractivity contribution in [3.63, 3.8) is 0 Å². The van der Waals surface area contributed by atoms with Gasteiger partial charge in [-0.3, -0.25) is 4.68 Å². The summed E-state index contributed by atoms with van der Waals surface area (Å²) in [6.07, 6.45) is 2.38. The Labute approximate surface area is 141 Å². The third-order valence-corrected chi connectivity index (χ3v) is 4.61. The first-order valence-corrected chi connectivity index (χ1v) is 8.26. The lowest BCUT2D eigenvalue weighted by Gasteiger charge is -2.33. The van der Waals surface area contributed by atoms with E-state index in [1.807, 2.05) is 43.4 Å². The Morgan fingerprint density at radius 3 is 2.62 bits per heavy atom. The molecule has 3 rings (SSSR count). The number of carbonyl (C=O) groups is 1. The van der Waals surface area contributed by atoms with Crippen molar-refractivity contribution in [1.29, 1.82) is 0 Å². The lowest BCUT2D eigenvalue weighted by atomic mass is 9.90. The molecule has 1 aliphatic rings. The fourth-order valence-corrected chi connectivity index (χ4v) is 3.12. The van der Waals surface area contributed by atoms with Crippen LogP contribution in [0.1, 0.15) is 30.2 Å². The number of aromatic nitrogens is 2. The van der Waals surface area contributed by atoms with Gasteiger partial charge in [-0.15, -0.1) is 0 Å². The van der Waals surface area contributed by atoms with Crippen molar-refractivity contribution in [3.8, 4) is 0 Å². The number of nitrogens with zero attached hydrogens (tertiary/aromatic N) is 3. The molecule has 0 saturated carbocycles. The Morgan fingerprint density at radius 1 is 1.29 bits per heavy atom. The van der Waals surface area contributed by atoms with Crippen LogP contribution in [-0.4, -0.2) is 39.0 Å². The fraction of sp³-hybridized carbons (Fsp3) is 0.444. The van der Waals surface area contributed by atoms with Crippen molar-refractivity contribution in [2.45, 2.75) is 25.6 Å². The average molecular weight is 329 g/mol. The van der Waals surface area contributed by atoms with E-state index in [-0.39, 0.29) is 18.6 Å². The molecule has 0 radical (unpaired) electrons. The van der Waals surface area contributed by atoms with Crippen LogP contribution in [0, 0.1) is 5.92 Å². The predicted octanol–water partition coefficient (Wildman–Crippen LogP) is 2.50. The van der Waals surface area contributed by atoms with Crippen LogP contribution in [0.5, 0.6) is 0 Å². The van der Waals surface area contributed by atoms with Crippen LogP contribution in [0.4, 0.5) is 4.79 Å². The first kappa shape index (κ1) is 16.5. The maximum Gasteiger partial charge on any atom is 0.410 e. The third kappa shape index (κ3) is 3.76. The number of aliphatic hydroxyl groups excluding tert-OH is 1. The quantitative estimate of drug-likeness (QED) is 0.936. The number of ether oxygens (including phenoxy) is 1. The van der Waals surface area contributed by atoms with Crippen molar-refractivity contribution < 1.29 is 14.6 Å². The normalized spacial score (nSPS) is 16.8. The SMILES string of the molecule is Cn1nccc1C(O)C1CCN(C(=O)OCc2ccccc2)CC1. The van der Waals surface area contributed by atoms with Gasteiger partial charge in [0.05, 0.1) is 11.8 Å². The topological polar surface area (TPSA) is 67.6 Å². The summed E-state index contributed by atoms with van der Waals surface area (Å²) in [5.74, 6) is 0.138. The Kier molecular flexibility index (Phi) is 5.15. The lowest BCUT2D eigenvalue weighted by molar-refractivity contribution is 0.0415. The van der Waals surface area contributed by atoms with Gasteiger partial charge in [0, 0.05) is 26.3 Å². The molecule has 1 N–H and O–H groups in total. The first-order chi connectivity index (χ1) is 11.6. The van der Waals surface area contributed by atoms with Gasteiger partial charge in [-0.05, 0) is 30.4 Å². The second kappa shape index (κ2) is 7.49. The lowest BCUT2D eigenvalue weighted by Crippen LogP contribution is -2.40. The van der Waals surface area contributed by atoms with Crippen molar-refractivity contribution >= 4 is 6.09 Å². The summed E-state index contributed by atoms with van der Waals surface area (Å²) in [5, 5.41) is 14.6. The summed E-state index contributed by atoms with van der Waals surface area (Å²) in [4.78, 5) is 13.9. The second-order valence-electron chi connectivity index (χ2n) is 6.19. The predicted molar refractivity (Wildman–Crippen MR) is 89.1 cm³/mol. The molecular weight excluding hydrogens is 306 g/mol. The molecule has 0 bridgehead atoms. The molecule has 6 heteroatoms. The van der Waals surface area contributed by atoms with E-state index in [4.69, 9.17) is 4.74 Å². The summed E-state index contributed by atoms with van der Waals surface area (Å²) in [6.45, 7) is 1.50. The molecule has 1 fully saturated rings. The highest BCUT2D eigenvalue weighted by atomic mass is 16.6. The summed E-state index contributed by atoms with van der Waals surface area (Å²) in [5.41, 5.74) is 1.80. The van der Waals surface area contributed by atoms with Gasteiger partial charge in [-0.2, -0.15) is 5.10 Å². The van der Waals surface area contributed by atoms with E-state index >= 15 is 0 Å². The van der Waals surface area contributed by atoms with Gasteiger partial charge in [-0.1, -0.05) is 30.3 Å². The van der Waals surface area contributed by atoms with E-state index in [1.165, 1.54) is 0 Å². The molecule has 24 heavy (non-hydrogen) atoms. The number of rotatable bonds is 4. The highest BCUT2D eigenvalue weighted by Gasteiger charge is 2.30. The monoisotopic (exact) mass is 329 g/mol. The van der Waals surface area contributed by atoms with Crippen molar-refractivity contribution in [1.82, 2.24) is 14.7 Å². The Balaban J connectivity index is 1.48. The molecule has 2 aromatic rings. The summed E-state index contributed by atoms with van der Waals surface area (Å²) >= 11 is 0. The zero-order valence-corrected chi connectivity index (χ0v) is 13.8. The zero-order valence-electron chi connectivity index (χ0n) is 13.8. The maximum absolute atomic E-state index is 12.2. The molecule has 1 aromatic heterocycles. The molecule has 1 atom stereocenters. The van der Waals surface area contributed by atoms with Crippen LogP contribution in [-0.2, 0) is 18.4 Å². The summed E-state index contributed by atoms with van der Waals surface area (Å²) in [7, 11) is 1.83. The van der Waals surface area contributed by atoms with E-state index in [0.29, 0.717) is 13.1 Å². The van der Waals surface area contributed by atoms with Gasteiger partial charge in [0.25, 0.3) is 0 Å². The molecule has 2 heterocycles. The second-order valence-corrected chi connectivity index (χ2v) is 6.19. The standard InChI is InChI=1S/C18H23N3O3/c1-20-16(7-10-19-20)17(22)15-8-11-21(12-9-15)18(23)24-13-14-5-3-2-4-6-14/h2-7,10,15,17,22H,8-9,11-13H2,1H3. The van der Waals surface area contributed by atoms with Gasteiger partial charge < -0.3 is 14.7 Å². The van der Waals surface area contributed by atoms with Crippen LogP contribution >= 0.6 is 0 Å². The minimum atomic E-state index is -0.542. The van der Waals surface area contributed by atoms with Crippen LogP contribution < -0.4 is 0 Å². The highest BCUT2D eigenvalue weighted by molar-refractivity contribution is 5.67. The van der Waals surface area contributed by atoms with Crippen molar-refractivity contribution in [2.75, 3.05) is 13.1 Å². The molecule has 0 aliphatic carbocycles. The molecule has 1 unspecified atom stereocenters. The van der Waals surface area contributed by atoms with E-state index in [1.54, 1.807) is 15.8 Å². The fourth-order valence-electron chi connectivity index (χ4n) is 3.12. The van der Waals surface area contributed by atoms with Crippen LogP contribution in [0.25, 0.3) is 0 Å². The molecule has 1 aliphatic heterocycles. The zero-order chi connectivity index (χ0) is 16.9. The minimum Gasteiger partial charge on any atom is -0.445 e. The van der Waals surface area contributed by atoms with Crippen molar-refractivity contribution in [3.05, 3.63) is 53.9 Å². The van der Waals surface area contributed by atoms with E-state index < -0.39 is 6.10 Å². The number of piperidine rings is 1.